The number of aromatic nitrogens is 1. The zero-order valence-electron chi connectivity index (χ0n) is 18.1. The number of carbonyl (C=O) groups is 1. The van der Waals surface area contributed by atoms with Crippen molar-refractivity contribution in [1.29, 1.82) is 0 Å². The van der Waals surface area contributed by atoms with Crippen LogP contribution < -0.4 is 14.8 Å². The van der Waals surface area contributed by atoms with Crippen molar-refractivity contribution in [2.45, 2.75) is 63.8 Å². The van der Waals surface area contributed by atoms with Crippen LogP contribution in [0, 0.1) is 0 Å². The molecule has 5 rings (SSSR count). The summed E-state index contributed by atoms with van der Waals surface area (Å²) in [6.45, 7) is 2.39. The highest BCUT2D eigenvalue weighted by molar-refractivity contribution is 5.88. The quantitative estimate of drug-likeness (QED) is 0.561. The van der Waals surface area contributed by atoms with Gasteiger partial charge >= 0.3 is 0 Å². The van der Waals surface area contributed by atoms with Gasteiger partial charge in [0.1, 0.15) is 0 Å². The molecule has 2 aromatic carbocycles. The molecule has 5 nitrogen and oxygen atoms in total. The molecule has 5 heteroatoms. The molecule has 2 heterocycles. The van der Waals surface area contributed by atoms with Crippen molar-refractivity contribution in [3.05, 3.63) is 59.3 Å². The van der Waals surface area contributed by atoms with E-state index in [2.05, 4.69) is 47.7 Å². The second-order valence-electron chi connectivity index (χ2n) is 8.68. The Hall–Kier alpha value is -2.95. The number of aromatic amines is 1. The predicted octanol–water partition coefficient (Wildman–Crippen LogP) is 5.43. The molecule has 1 aromatic heterocycles. The first-order chi connectivity index (χ1) is 15.2. The predicted molar refractivity (Wildman–Crippen MR) is 122 cm³/mol. The van der Waals surface area contributed by atoms with Gasteiger partial charge in [-0.2, -0.15) is 0 Å². The largest absolute Gasteiger partial charge is 0.454 e. The van der Waals surface area contributed by atoms with Gasteiger partial charge in [-0.1, -0.05) is 56.5 Å². The first-order valence-corrected chi connectivity index (χ1v) is 11.5. The van der Waals surface area contributed by atoms with Gasteiger partial charge in [0.25, 0.3) is 0 Å². The van der Waals surface area contributed by atoms with Crippen LogP contribution in [-0.2, 0) is 11.2 Å². The Bertz CT molecular complexity index is 1080. The van der Waals surface area contributed by atoms with Crippen LogP contribution in [0.5, 0.6) is 11.5 Å². The fourth-order valence-corrected chi connectivity index (χ4v) is 5.16. The molecule has 162 valence electrons. The summed E-state index contributed by atoms with van der Waals surface area (Å²) in [5.41, 5.74) is 4.58. The lowest BCUT2D eigenvalue weighted by molar-refractivity contribution is -0.122. The molecule has 1 fully saturated rings. The molecule has 2 N–H and O–H groups in total. The summed E-state index contributed by atoms with van der Waals surface area (Å²) in [7, 11) is 0. The molecule has 1 amide bonds. The molecule has 0 spiro atoms. The van der Waals surface area contributed by atoms with Crippen molar-refractivity contribution in [2.24, 2.45) is 0 Å². The standard InChI is InChI=1S/C26H30N2O3/c1-2-17-8-6-11-19-22(15-27-25(17)19)21(14-24(29)28-18-9-4-3-5-10-18)20-12-7-13-23-26(20)31-16-30-23/h6-8,11-13,15,18,21,27H,2-5,9-10,14,16H2,1H3,(H,28,29)/t21-/m0/s1. The van der Waals surface area contributed by atoms with E-state index in [0.717, 1.165) is 47.4 Å². The summed E-state index contributed by atoms with van der Waals surface area (Å²) in [4.78, 5) is 16.6. The van der Waals surface area contributed by atoms with Gasteiger partial charge in [-0.25, -0.2) is 0 Å². The highest BCUT2D eigenvalue weighted by atomic mass is 16.7. The third kappa shape index (κ3) is 3.89. The minimum absolute atomic E-state index is 0.106. The molecule has 0 bridgehead atoms. The minimum Gasteiger partial charge on any atom is -0.454 e. The monoisotopic (exact) mass is 418 g/mol. The van der Waals surface area contributed by atoms with Crippen LogP contribution in [0.4, 0.5) is 0 Å². The van der Waals surface area contributed by atoms with E-state index >= 15 is 0 Å². The van der Waals surface area contributed by atoms with Gasteiger partial charge < -0.3 is 19.8 Å². The average molecular weight is 419 g/mol. The maximum atomic E-state index is 13.2. The number of rotatable bonds is 6. The molecule has 0 saturated heterocycles. The van der Waals surface area contributed by atoms with Gasteiger partial charge in [-0.05, 0) is 36.5 Å². The van der Waals surface area contributed by atoms with E-state index in [9.17, 15) is 4.79 Å². The Morgan fingerprint density at radius 1 is 1.10 bits per heavy atom. The molecule has 31 heavy (non-hydrogen) atoms. The number of hydrogen-bond acceptors (Lipinski definition) is 3. The molecule has 1 atom stereocenters. The van der Waals surface area contributed by atoms with Crippen molar-refractivity contribution in [3.8, 4) is 11.5 Å². The zero-order valence-corrected chi connectivity index (χ0v) is 18.1. The number of benzene rings is 2. The average Bonchev–Trinajstić information content (AvgIpc) is 3.45. The van der Waals surface area contributed by atoms with Crippen molar-refractivity contribution in [1.82, 2.24) is 10.3 Å². The maximum Gasteiger partial charge on any atom is 0.231 e. The second kappa shape index (κ2) is 8.66. The van der Waals surface area contributed by atoms with E-state index in [-0.39, 0.29) is 18.6 Å². The number of nitrogens with one attached hydrogen (secondary N) is 2. The third-order valence-corrected chi connectivity index (χ3v) is 6.75. The van der Waals surface area contributed by atoms with Gasteiger partial charge in [0.2, 0.25) is 12.7 Å². The fraction of sp³-hybridized carbons (Fsp3) is 0.423. The highest BCUT2D eigenvalue weighted by Crippen LogP contribution is 2.44. The van der Waals surface area contributed by atoms with E-state index in [0.29, 0.717) is 12.5 Å². The van der Waals surface area contributed by atoms with E-state index in [1.54, 1.807) is 0 Å². The van der Waals surface area contributed by atoms with Crippen LogP contribution in [0.25, 0.3) is 10.9 Å². The fourth-order valence-electron chi connectivity index (χ4n) is 5.16. The van der Waals surface area contributed by atoms with Crippen molar-refractivity contribution < 1.29 is 14.3 Å². The Morgan fingerprint density at radius 3 is 2.77 bits per heavy atom. The van der Waals surface area contributed by atoms with Gasteiger partial charge in [0.15, 0.2) is 11.5 Å². The van der Waals surface area contributed by atoms with E-state index in [4.69, 9.17) is 9.47 Å². The third-order valence-electron chi connectivity index (χ3n) is 6.75. The molecule has 0 radical (unpaired) electrons. The van der Waals surface area contributed by atoms with Crippen LogP contribution in [0.3, 0.4) is 0 Å². The SMILES string of the molecule is CCc1cccc2c([C@@H](CC(=O)NC3CCCCC3)c3cccc4c3OCO4)c[nH]c12. The Balaban J connectivity index is 1.52. The molecular formula is C26H30N2O3. The lowest BCUT2D eigenvalue weighted by Crippen LogP contribution is -2.36. The summed E-state index contributed by atoms with van der Waals surface area (Å²) in [5.74, 6) is 1.51. The van der Waals surface area contributed by atoms with Gasteiger partial charge in [0.05, 0.1) is 0 Å². The van der Waals surface area contributed by atoms with Crippen molar-refractivity contribution >= 4 is 16.8 Å². The van der Waals surface area contributed by atoms with Crippen LogP contribution >= 0.6 is 0 Å². The number of aryl methyl sites for hydroxylation is 1. The van der Waals surface area contributed by atoms with Gasteiger partial charge in [0, 0.05) is 41.0 Å². The minimum atomic E-state index is -0.110. The van der Waals surface area contributed by atoms with Crippen LogP contribution in [0.2, 0.25) is 0 Å². The molecule has 2 aliphatic rings. The summed E-state index contributed by atoms with van der Waals surface area (Å²) < 4.78 is 11.5. The van der Waals surface area contributed by atoms with E-state index in [1.165, 1.54) is 30.2 Å². The number of H-pyrrole nitrogens is 1. The van der Waals surface area contributed by atoms with Crippen LogP contribution in [-0.4, -0.2) is 23.7 Å². The van der Waals surface area contributed by atoms with E-state index in [1.807, 2.05) is 12.1 Å². The number of carbonyl (C=O) groups excluding carboxylic acids is 1. The molecule has 1 saturated carbocycles. The highest BCUT2D eigenvalue weighted by Gasteiger charge is 2.29. The smallest absolute Gasteiger partial charge is 0.231 e. The Morgan fingerprint density at radius 2 is 1.94 bits per heavy atom. The lowest BCUT2D eigenvalue weighted by atomic mass is 9.86. The number of ether oxygens (including phenoxy) is 2. The Kier molecular flexibility index (Phi) is 5.58. The van der Waals surface area contributed by atoms with Gasteiger partial charge in [-0.15, -0.1) is 0 Å². The van der Waals surface area contributed by atoms with Crippen molar-refractivity contribution in [3.63, 3.8) is 0 Å². The number of para-hydroxylation sites is 2. The lowest BCUT2D eigenvalue weighted by Gasteiger charge is -2.24. The first-order valence-electron chi connectivity index (χ1n) is 11.5. The molecule has 0 unspecified atom stereocenters. The van der Waals surface area contributed by atoms with Crippen LogP contribution in [0.15, 0.2) is 42.6 Å². The molecule has 1 aliphatic heterocycles. The zero-order chi connectivity index (χ0) is 21.2. The number of amides is 1. The van der Waals surface area contributed by atoms with E-state index < -0.39 is 0 Å². The maximum absolute atomic E-state index is 13.2. The summed E-state index contributed by atoms with van der Waals surface area (Å²) in [5, 5.41) is 4.47. The summed E-state index contributed by atoms with van der Waals surface area (Å²) in [6, 6.07) is 12.7. The normalized spacial score (nSPS) is 17.1. The van der Waals surface area contributed by atoms with Gasteiger partial charge in [-0.3, -0.25) is 4.79 Å². The molecule has 1 aliphatic carbocycles. The topological polar surface area (TPSA) is 63.4 Å². The number of fused-ring (bicyclic) bond motifs is 2. The molecular weight excluding hydrogens is 388 g/mol. The molecule has 3 aromatic rings. The van der Waals surface area contributed by atoms with Crippen molar-refractivity contribution in [2.75, 3.05) is 6.79 Å². The Labute approximate surface area is 183 Å². The summed E-state index contributed by atoms with van der Waals surface area (Å²) >= 11 is 0. The van der Waals surface area contributed by atoms with Crippen LogP contribution in [0.1, 0.15) is 68.1 Å². The summed E-state index contributed by atoms with van der Waals surface area (Å²) in [6.07, 6.45) is 9.26. The second-order valence-corrected chi connectivity index (χ2v) is 8.68. The number of hydrogen-bond donors (Lipinski definition) is 2. The first kappa shape index (κ1) is 20.0.